The summed E-state index contributed by atoms with van der Waals surface area (Å²) in [6, 6.07) is 0.831. The van der Waals surface area contributed by atoms with Crippen LogP contribution in [0.25, 0.3) is 0 Å². The van der Waals surface area contributed by atoms with Gasteiger partial charge in [0.25, 0.3) is 0 Å². The molecule has 0 bridgehead atoms. The van der Waals surface area contributed by atoms with Gasteiger partial charge >= 0.3 is 12.0 Å². The number of amides is 2. The molecule has 2 rings (SSSR count). The summed E-state index contributed by atoms with van der Waals surface area (Å²) in [4.78, 5) is 27.5. The number of rotatable bonds is 5. The van der Waals surface area contributed by atoms with Crippen molar-refractivity contribution in [3.8, 4) is 0 Å². The molecular weight excluding hydrogens is 270 g/mol. The fraction of sp³-hybridized carbons (Fsp3) is 0.867. The molecule has 2 N–H and O–H groups in total. The number of likely N-dealkylation sites (tertiary alicyclic amines) is 1. The van der Waals surface area contributed by atoms with Gasteiger partial charge in [0.1, 0.15) is 0 Å². The van der Waals surface area contributed by atoms with Crippen LogP contribution in [0.3, 0.4) is 0 Å². The van der Waals surface area contributed by atoms with Crippen molar-refractivity contribution in [2.45, 2.75) is 51.6 Å². The van der Waals surface area contributed by atoms with E-state index in [4.69, 9.17) is 0 Å². The summed E-state index contributed by atoms with van der Waals surface area (Å²) in [6.07, 6.45) is 3.87. The Hall–Kier alpha value is -1.30. The summed E-state index contributed by atoms with van der Waals surface area (Å²) in [5.74, 6) is -0.818. The molecule has 21 heavy (non-hydrogen) atoms. The second-order valence-corrected chi connectivity index (χ2v) is 6.82. The zero-order valence-corrected chi connectivity index (χ0v) is 13.3. The molecule has 120 valence electrons. The molecule has 6 heteroatoms. The highest BCUT2D eigenvalue weighted by Gasteiger charge is 2.39. The van der Waals surface area contributed by atoms with Gasteiger partial charge in [-0.15, -0.1) is 0 Å². The van der Waals surface area contributed by atoms with Crippen LogP contribution in [-0.4, -0.2) is 65.7 Å². The number of aliphatic carboxylic acids is 1. The first-order valence-corrected chi connectivity index (χ1v) is 7.81. The number of piperidine rings is 1. The minimum atomic E-state index is -0.818. The number of carboxylic acids is 1. The van der Waals surface area contributed by atoms with Crippen molar-refractivity contribution in [2.75, 3.05) is 26.7 Å². The topological polar surface area (TPSA) is 72.9 Å². The Morgan fingerprint density at radius 3 is 2.71 bits per heavy atom. The van der Waals surface area contributed by atoms with Crippen molar-refractivity contribution in [2.24, 2.45) is 5.41 Å². The molecule has 1 aliphatic carbocycles. The lowest BCUT2D eigenvalue weighted by Gasteiger charge is -2.37. The van der Waals surface area contributed by atoms with Gasteiger partial charge in [-0.25, -0.2) is 4.79 Å². The first-order chi connectivity index (χ1) is 9.83. The van der Waals surface area contributed by atoms with Crippen LogP contribution in [0.1, 0.15) is 39.5 Å². The average molecular weight is 297 g/mol. The van der Waals surface area contributed by atoms with Gasteiger partial charge in [0.15, 0.2) is 0 Å². The van der Waals surface area contributed by atoms with Crippen LogP contribution in [0.5, 0.6) is 0 Å². The number of likely N-dealkylation sites (N-methyl/N-ethyl adjacent to an activating group) is 1. The molecule has 6 nitrogen and oxygen atoms in total. The zero-order valence-electron chi connectivity index (χ0n) is 13.3. The van der Waals surface area contributed by atoms with E-state index in [0.717, 1.165) is 6.42 Å². The van der Waals surface area contributed by atoms with Gasteiger partial charge in [0.2, 0.25) is 0 Å². The third kappa shape index (κ3) is 3.87. The number of carbonyl (C=O) groups excluding carboxylic acids is 1. The highest BCUT2D eigenvalue weighted by molar-refractivity contribution is 5.78. The number of carbonyl (C=O) groups is 2. The lowest BCUT2D eigenvalue weighted by Crippen LogP contribution is -2.53. The number of carboxylic acid groups (broad SMARTS) is 1. The first kappa shape index (κ1) is 16.1. The largest absolute Gasteiger partial charge is 0.481 e. The number of hydrogen-bond acceptors (Lipinski definition) is 3. The Morgan fingerprint density at radius 1 is 1.48 bits per heavy atom. The van der Waals surface area contributed by atoms with Crippen molar-refractivity contribution >= 4 is 12.0 Å². The van der Waals surface area contributed by atoms with Gasteiger partial charge in [0.05, 0.1) is 5.41 Å². The monoisotopic (exact) mass is 297 g/mol. The summed E-state index contributed by atoms with van der Waals surface area (Å²) < 4.78 is 0. The average Bonchev–Trinajstić information content (AvgIpc) is 3.28. The minimum absolute atomic E-state index is 0.141. The maximum atomic E-state index is 12.2. The lowest BCUT2D eigenvalue weighted by molar-refractivity contribution is -0.150. The fourth-order valence-corrected chi connectivity index (χ4v) is 2.92. The summed E-state index contributed by atoms with van der Waals surface area (Å²) in [6.45, 7) is 5.36. The Kier molecular flexibility index (Phi) is 4.76. The van der Waals surface area contributed by atoms with Crippen molar-refractivity contribution in [1.29, 1.82) is 0 Å². The molecule has 2 atom stereocenters. The van der Waals surface area contributed by atoms with E-state index in [1.165, 1.54) is 12.8 Å². The molecule has 1 heterocycles. The third-order valence-electron chi connectivity index (χ3n) is 4.87. The maximum absolute atomic E-state index is 12.2. The number of urea groups is 1. The molecule has 2 amide bonds. The second kappa shape index (κ2) is 6.22. The first-order valence-electron chi connectivity index (χ1n) is 7.81. The normalized spacial score (nSPS) is 27.5. The van der Waals surface area contributed by atoms with Crippen LogP contribution in [-0.2, 0) is 4.79 Å². The lowest BCUT2D eigenvalue weighted by atomic mass is 9.82. The predicted octanol–water partition coefficient (Wildman–Crippen LogP) is 1.37. The molecule has 0 spiro atoms. The Bertz CT molecular complexity index is 411. The van der Waals surface area contributed by atoms with Gasteiger partial charge in [0, 0.05) is 31.7 Å². The van der Waals surface area contributed by atoms with E-state index in [1.807, 2.05) is 0 Å². The van der Waals surface area contributed by atoms with E-state index < -0.39 is 11.4 Å². The quantitative estimate of drug-likeness (QED) is 0.804. The Balaban J connectivity index is 1.81. The molecule has 0 aromatic heterocycles. The molecule has 0 aromatic carbocycles. The molecule has 1 saturated heterocycles. The standard InChI is InChI=1S/C15H27N3O3/c1-11(17(3)12-5-6-12)9-16-14(21)18-8-4-7-15(2,10-18)13(19)20/h11-12H,4-10H2,1-3H3,(H,16,21)(H,19,20). The third-order valence-corrected chi connectivity index (χ3v) is 4.87. The van der Waals surface area contributed by atoms with E-state index in [2.05, 4.69) is 24.2 Å². The molecule has 2 unspecified atom stereocenters. The summed E-state index contributed by atoms with van der Waals surface area (Å²) >= 11 is 0. The molecule has 0 radical (unpaired) electrons. The molecule has 0 aromatic rings. The summed E-state index contributed by atoms with van der Waals surface area (Å²) in [7, 11) is 2.09. The minimum Gasteiger partial charge on any atom is -0.481 e. The highest BCUT2D eigenvalue weighted by atomic mass is 16.4. The van der Waals surface area contributed by atoms with Crippen molar-refractivity contribution in [3.63, 3.8) is 0 Å². The molecule has 1 saturated carbocycles. The Morgan fingerprint density at radius 2 is 2.14 bits per heavy atom. The van der Waals surface area contributed by atoms with Gasteiger partial charge in [-0.2, -0.15) is 0 Å². The number of nitrogens with one attached hydrogen (secondary N) is 1. The number of hydrogen-bond donors (Lipinski definition) is 2. The van der Waals surface area contributed by atoms with Gasteiger partial charge in [-0.3, -0.25) is 9.69 Å². The van der Waals surface area contributed by atoms with E-state index in [0.29, 0.717) is 38.1 Å². The molecule has 1 aliphatic heterocycles. The summed E-state index contributed by atoms with van der Waals surface area (Å²) in [5, 5.41) is 12.2. The van der Waals surface area contributed by atoms with Crippen LogP contribution in [0.2, 0.25) is 0 Å². The molecular formula is C15H27N3O3. The molecule has 2 aliphatic rings. The smallest absolute Gasteiger partial charge is 0.317 e. The highest BCUT2D eigenvalue weighted by Crippen LogP contribution is 2.29. The zero-order chi connectivity index (χ0) is 15.6. The Labute approximate surface area is 126 Å². The van der Waals surface area contributed by atoms with E-state index in [1.54, 1.807) is 11.8 Å². The van der Waals surface area contributed by atoms with Gasteiger partial charge in [-0.05, 0) is 46.6 Å². The van der Waals surface area contributed by atoms with E-state index in [9.17, 15) is 14.7 Å². The SMILES string of the molecule is CC(CNC(=O)N1CCCC(C)(C(=O)O)C1)N(C)C1CC1. The number of nitrogens with zero attached hydrogens (tertiary/aromatic N) is 2. The van der Waals surface area contributed by atoms with Crippen LogP contribution < -0.4 is 5.32 Å². The van der Waals surface area contributed by atoms with Crippen molar-refractivity contribution in [1.82, 2.24) is 15.1 Å². The van der Waals surface area contributed by atoms with Crippen LogP contribution >= 0.6 is 0 Å². The fourth-order valence-electron chi connectivity index (χ4n) is 2.92. The van der Waals surface area contributed by atoms with E-state index in [-0.39, 0.29) is 6.03 Å². The summed E-state index contributed by atoms with van der Waals surface area (Å²) in [5.41, 5.74) is -0.813. The predicted molar refractivity (Wildman–Crippen MR) is 80.2 cm³/mol. The van der Waals surface area contributed by atoms with E-state index >= 15 is 0 Å². The van der Waals surface area contributed by atoms with Gasteiger partial charge < -0.3 is 15.3 Å². The van der Waals surface area contributed by atoms with Crippen molar-refractivity contribution < 1.29 is 14.7 Å². The van der Waals surface area contributed by atoms with Crippen LogP contribution in [0.4, 0.5) is 4.79 Å². The van der Waals surface area contributed by atoms with Crippen LogP contribution in [0, 0.1) is 5.41 Å². The van der Waals surface area contributed by atoms with Crippen molar-refractivity contribution in [3.05, 3.63) is 0 Å². The second-order valence-electron chi connectivity index (χ2n) is 6.82. The van der Waals surface area contributed by atoms with Gasteiger partial charge in [-0.1, -0.05) is 0 Å². The maximum Gasteiger partial charge on any atom is 0.317 e. The molecule has 2 fully saturated rings. The van der Waals surface area contributed by atoms with Crippen LogP contribution in [0.15, 0.2) is 0 Å².